The first kappa shape index (κ1) is 20.1. The number of carboxylic acids is 1. The van der Waals surface area contributed by atoms with Crippen molar-refractivity contribution < 1.29 is 24.6 Å². The van der Waals surface area contributed by atoms with Gasteiger partial charge in [0.15, 0.2) is 0 Å². The van der Waals surface area contributed by atoms with Gasteiger partial charge in [-0.2, -0.15) is 0 Å². The van der Waals surface area contributed by atoms with Crippen LogP contribution >= 0.6 is 11.8 Å². The molecule has 0 saturated carbocycles. The number of nitrogens with two attached hydrogens (primary N) is 1. The van der Waals surface area contributed by atoms with Crippen LogP contribution in [0.25, 0.3) is 0 Å². The molecule has 1 aliphatic rings. The highest BCUT2D eigenvalue weighted by atomic mass is 32.2. The molecule has 2 rings (SSSR count). The first-order valence-electron chi connectivity index (χ1n) is 8.06. The summed E-state index contributed by atoms with van der Waals surface area (Å²) in [6.45, 7) is 5.04. The molecule has 2 amide bonds. The third-order valence-electron chi connectivity index (χ3n) is 4.33. The van der Waals surface area contributed by atoms with Gasteiger partial charge in [0.2, 0.25) is 11.8 Å². The van der Waals surface area contributed by atoms with Gasteiger partial charge >= 0.3 is 5.97 Å². The summed E-state index contributed by atoms with van der Waals surface area (Å²) in [4.78, 5) is 37.8. The molecule has 5 N–H and O–H groups in total. The number of nitrogens with one attached hydrogen (secondary N) is 1. The van der Waals surface area contributed by atoms with E-state index in [1.54, 1.807) is 13.8 Å². The van der Waals surface area contributed by atoms with Gasteiger partial charge in [-0.3, -0.25) is 9.59 Å². The molecule has 1 aromatic rings. The van der Waals surface area contributed by atoms with E-state index in [-0.39, 0.29) is 11.6 Å². The van der Waals surface area contributed by atoms with Crippen molar-refractivity contribution in [3.63, 3.8) is 0 Å². The number of nitrogens with zero attached hydrogens (tertiary/aromatic N) is 1. The second-order valence-electron chi connectivity index (χ2n) is 6.73. The largest absolute Gasteiger partial charge is 0.508 e. The third kappa shape index (κ3) is 4.10. The molecule has 0 aromatic heterocycles. The molecule has 9 heteroatoms. The predicted molar refractivity (Wildman–Crippen MR) is 97.4 cm³/mol. The van der Waals surface area contributed by atoms with Gasteiger partial charge in [0.1, 0.15) is 23.9 Å². The van der Waals surface area contributed by atoms with Gasteiger partial charge < -0.3 is 26.2 Å². The van der Waals surface area contributed by atoms with Crippen molar-refractivity contribution in [1.29, 1.82) is 0 Å². The second kappa shape index (κ2) is 7.55. The highest BCUT2D eigenvalue weighted by Gasteiger charge is 2.48. The number of carbonyl (C=O) groups is 3. The number of thioether (sulfide) groups is 1. The number of rotatable bonds is 5. The SMILES string of the molecule is CC(NC(=O)C(N)c1ccc(O)cc1)C(=O)N1CSC(C)(C)C1C(=O)O. The normalized spacial score (nSPS) is 21.1. The zero-order chi connectivity index (χ0) is 19.6. The van der Waals surface area contributed by atoms with Gasteiger partial charge in [-0.1, -0.05) is 12.1 Å². The molecule has 1 fully saturated rings. The van der Waals surface area contributed by atoms with E-state index in [1.165, 1.54) is 47.9 Å². The van der Waals surface area contributed by atoms with Gasteiger partial charge in [-0.15, -0.1) is 11.8 Å². The molecule has 0 aliphatic carbocycles. The van der Waals surface area contributed by atoms with Crippen molar-refractivity contribution in [1.82, 2.24) is 10.2 Å². The van der Waals surface area contributed by atoms with Crippen molar-refractivity contribution in [3.05, 3.63) is 29.8 Å². The Morgan fingerprint density at radius 3 is 2.42 bits per heavy atom. The number of amides is 2. The van der Waals surface area contributed by atoms with Gasteiger partial charge in [0.05, 0.1) is 5.88 Å². The van der Waals surface area contributed by atoms with Crippen LogP contribution in [0.1, 0.15) is 32.4 Å². The predicted octanol–water partition coefficient (Wildman–Crippen LogP) is 0.661. The number of aromatic hydroxyl groups is 1. The molecule has 0 radical (unpaired) electrons. The summed E-state index contributed by atoms with van der Waals surface area (Å²) in [7, 11) is 0. The monoisotopic (exact) mass is 381 g/mol. The van der Waals surface area contributed by atoms with Crippen molar-refractivity contribution in [2.75, 3.05) is 5.88 Å². The Kier molecular flexibility index (Phi) is 5.82. The van der Waals surface area contributed by atoms with Crippen LogP contribution in [0.5, 0.6) is 5.75 Å². The fourth-order valence-electron chi connectivity index (χ4n) is 2.83. The Labute approximate surface area is 155 Å². The smallest absolute Gasteiger partial charge is 0.327 e. The third-order valence-corrected chi connectivity index (χ3v) is 5.70. The van der Waals surface area contributed by atoms with Crippen molar-refractivity contribution in [2.45, 2.75) is 43.6 Å². The summed E-state index contributed by atoms with van der Waals surface area (Å²) in [5.74, 6) is -1.81. The number of benzene rings is 1. The van der Waals surface area contributed by atoms with Gasteiger partial charge in [-0.25, -0.2) is 4.79 Å². The number of hydrogen-bond acceptors (Lipinski definition) is 6. The van der Waals surface area contributed by atoms with Crippen LogP contribution in [0.3, 0.4) is 0 Å². The molecule has 142 valence electrons. The standard InChI is InChI=1S/C17H23N3O5S/c1-9(15(23)20-8-26-17(2,3)13(20)16(24)25)19-14(22)12(18)10-4-6-11(21)7-5-10/h4-7,9,12-13,21H,8,18H2,1-3H3,(H,19,22)(H,24,25). The first-order valence-corrected chi connectivity index (χ1v) is 9.05. The fourth-order valence-corrected chi connectivity index (χ4v) is 3.97. The van der Waals surface area contributed by atoms with Crippen LogP contribution in [0.2, 0.25) is 0 Å². The average molecular weight is 381 g/mol. The van der Waals surface area contributed by atoms with E-state index in [2.05, 4.69) is 5.32 Å². The summed E-state index contributed by atoms with van der Waals surface area (Å²) in [5, 5.41) is 21.3. The lowest BCUT2D eigenvalue weighted by molar-refractivity contribution is -0.150. The molecule has 26 heavy (non-hydrogen) atoms. The van der Waals surface area contributed by atoms with E-state index in [1.807, 2.05) is 0 Å². The Morgan fingerprint density at radius 2 is 1.88 bits per heavy atom. The Hall–Kier alpha value is -2.26. The molecule has 0 bridgehead atoms. The van der Waals surface area contributed by atoms with Crippen LogP contribution in [-0.4, -0.2) is 55.6 Å². The lowest BCUT2D eigenvalue weighted by atomic mass is 10.0. The molecule has 8 nitrogen and oxygen atoms in total. The van der Waals surface area contributed by atoms with Crippen LogP contribution < -0.4 is 11.1 Å². The maximum Gasteiger partial charge on any atom is 0.327 e. The number of phenols is 1. The first-order chi connectivity index (χ1) is 12.0. The van der Waals surface area contributed by atoms with E-state index < -0.39 is 40.7 Å². The van der Waals surface area contributed by atoms with Crippen LogP contribution in [-0.2, 0) is 14.4 Å². The number of aliphatic carboxylic acids is 1. The van der Waals surface area contributed by atoms with E-state index in [0.717, 1.165) is 0 Å². The Balaban J connectivity index is 2.05. The van der Waals surface area contributed by atoms with Crippen molar-refractivity contribution >= 4 is 29.5 Å². The highest BCUT2D eigenvalue weighted by Crippen LogP contribution is 2.39. The lowest BCUT2D eigenvalue weighted by Gasteiger charge is -2.29. The summed E-state index contributed by atoms with van der Waals surface area (Å²) >= 11 is 1.38. The van der Waals surface area contributed by atoms with E-state index in [0.29, 0.717) is 5.56 Å². The molecular formula is C17H23N3O5S. The minimum atomic E-state index is -1.08. The number of carbonyl (C=O) groups excluding carboxylic acids is 2. The minimum Gasteiger partial charge on any atom is -0.508 e. The molecule has 1 heterocycles. The number of carboxylic acid groups (broad SMARTS) is 1. The van der Waals surface area contributed by atoms with Crippen LogP contribution in [0.15, 0.2) is 24.3 Å². The van der Waals surface area contributed by atoms with Crippen molar-refractivity contribution in [2.24, 2.45) is 5.73 Å². The lowest BCUT2D eigenvalue weighted by Crippen LogP contribution is -2.55. The number of phenolic OH excluding ortho intramolecular Hbond substituents is 1. The quantitative estimate of drug-likeness (QED) is 0.589. The van der Waals surface area contributed by atoms with E-state index in [4.69, 9.17) is 5.73 Å². The zero-order valence-electron chi connectivity index (χ0n) is 14.8. The summed E-state index contributed by atoms with van der Waals surface area (Å²) in [6, 6.07) is 2.98. The summed E-state index contributed by atoms with van der Waals surface area (Å²) in [6.07, 6.45) is 0. The summed E-state index contributed by atoms with van der Waals surface area (Å²) < 4.78 is -0.617. The molecular weight excluding hydrogens is 358 g/mol. The van der Waals surface area contributed by atoms with Crippen LogP contribution in [0, 0.1) is 0 Å². The van der Waals surface area contributed by atoms with Crippen LogP contribution in [0.4, 0.5) is 0 Å². The molecule has 3 unspecified atom stereocenters. The fraction of sp³-hybridized carbons (Fsp3) is 0.471. The minimum absolute atomic E-state index is 0.0544. The summed E-state index contributed by atoms with van der Waals surface area (Å²) in [5.41, 5.74) is 6.38. The Bertz CT molecular complexity index is 707. The molecule has 1 saturated heterocycles. The Morgan fingerprint density at radius 1 is 1.31 bits per heavy atom. The molecule has 3 atom stereocenters. The van der Waals surface area contributed by atoms with Gasteiger partial charge in [-0.05, 0) is 38.5 Å². The molecule has 1 aromatic carbocycles. The molecule has 1 aliphatic heterocycles. The average Bonchev–Trinajstić information content (AvgIpc) is 2.89. The maximum atomic E-state index is 12.6. The van der Waals surface area contributed by atoms with Gasteiger partial charge in [0, 0.05) is 4.75 Å². The van der Waals surface area contributed by atoms with Gasteiger partial charge in [0.25, 0.3) is 0 Å². The number of hydrogen-bond donors (Lipinski definition) is 4. The topological polar surface area (TPSA) is 133 Å². The van der Waals surface area contributed by atoms with E-state index in [9.17, 15) is 24.6 Å². The highest BCUT2D eigenvalue weighted by molar-refractivity contribution is 8.00. The van der Waals surface area contributed by atoms with Crippen molar-refractivity contribution in [3.8, 4) is 5.75 Å². The van der Waals surface area contributed by atoms with E-state index >= 15 is 0 Å². The maximum absolute atomic E-state index is 12.6. The zero-order valence-corrected chi connectivity index (χ0v) is 15.6. The molecule has 0 spiro atoms. The second-order valence-corrected chi connectivity index (χ2v) is 8.32.